The Labute approximate surface area is 175 Å². The molecule has 0 atom stereocenters. The Balaban J connectivity index is 1.56. The van der Waals surface area contributed by atoms with Crippen molar-refractivity contribution in [2.75, 3.05) is 29.6 Å². The Bertz CT molecular complexity index is 1060. The number of hydrogen-bond donors (Lipinski definition) is 3. The predicted molar refractivity (Wildman–Crippen MR) is 117 cm³/mol. The van der Waals surface area contributed by atoms with Crippen LogP contribution in [0.5, 0.6) is 5.75 Å². The van der Waals surface area contributed by atoms with Crippen LogP contribution in [0.25, 0.3) is 0 Å². The average Bonchev–Trinajstić information content (AvgIpc) is 2.99. The number of methoxy groups -OCH3 is 1. The lowest BCUT2D eigenvalue weighted by Gasteiger charge is -2.11. The zero-order chi connectivity index (χ0) is 21.7. The SMILES string of the molecule is COc1ccccc1NC(=O)c1ccc(NCC(=O)Nc2c(C)nn(C)c2C)cc1. The van der Waals surface area contributed by atoms with Gasteiger partial charge in [0.2, 0.25) is 5.91 Å². The van der Waals surface area contributed by atoms with Crippen molar-refractivity contribution < 1.29 is 14.3 Å². The standard InChI is InChI=1S/C22H25N5O3/c1-14-21(15(2)27(3)26-14)25-20(28)13-23-17-11-9-16(10-12-17)22(29)24-18-7-5-6-8-19(18)30-4/h5-12,23H,13H2,1-4H3,(H,24,29)(H,25,28). The third-order valence-corrected chi connectivity index (χ3v) is 4.73. The van der Waals surface area contributed by atoms with Crippen LogP contribution in [0.4, 0.5) is 17.1 Å². The number of nitrogens with one attached hydrogen (secondary N) is 3. The van der Waals surface area contributed by atoms with Crippen molar-refractivity contribution in [1.82, 2.24) is 9.78 Å². The van der Waals surface area contributed by atoms with Gasteiger partial charge in [-0.25, -0.2) is 0 Å². The topological polar surface area (TPSA) is 97.3 Å². The number of aromatic nitrogens is 2. The average molecular weight is 407 g/mol. The molecule has 3 N–H and O–H groups in total. The van der Waals surface area contributed by atoms with E-state index >= 15 is 0 Å². The lowest BCUT2D eigenvalue weighted by atomic mass is 10.2. The maximum atomic E-state index is 12.5. The zero-order valence-electron chi connectivity index (χ0n) is 17.4. The summed E-state index contributed by atoms with van der Waals surface area (Å²) in [5.74, 6) is 0.174. The van der Waals surface area contributed by atoms with Crippen LogP contribution < -0.4 is 20.7 Å². The van der Waals surface area contributed by atoms with Gasteiger partial charge in [0.15, 0.2) is 0 Å². The van der Waals surface area contributed by atoms with Gasteiger partial charge in [-0.05, 0) is 50.2 Å². The molecule has 0 fully saturated rings. The van der Waals surface area contributed by atoms with Gasteiger partial charge in [0.25, 0.3) is 5.91 Å². The molecular weight excluding hydrogens is 382 g/mol. The number of carbonyl (C=O) groups excluding carboxylic acids is 2. The molecule has 0 aliphatic heterocycles. The fourth-order valence-electron chi connectivity index (χ4n) is 3.00. The molecule has 0 saturated heterocycles. The molecule has 0 saturated carbocycles. The van der Waals surface area contributed by atoms with Crippen LogP contribution in [0, 0.1) is 13.8 Å². The van der Waals surface area contributed by atoms with E-state index in [0.29, 0.717) is 17.0 Å². The van der Waals surface area contributed by atoms with Gasteiger partial charge in [-0.1, -0.05) is 12.1 Å². The van der Waals surface area contributed by atoms with E-state index in [9.17, 15) is 9.59 Å². The summed E-state index contributed by atoms with van der Waals surface area (Å²) < 4.78 is 6.98. The van der Waals surface area contributed by atoms with Crippen LogP contribution in [0.2, 0.25) is 0 Å². The van der Waals surface area contributed by atoms with Gasteiger partial charge in [-0.15, -0.1) is 0 Å². The molecule has 8 heteroatoms. The van der Waals surface area contributed by atoms with E-state index in [0.717, 1.165) is 22.8 Å². The van der Waals surface area contributed by atoms with Gasteiger partial charge in [0, 0.05) is 18.3 Å². The lowest BCUT2D eigenvalue weighted by molar-refractivity contribution is -0.114. The predicted octanol–water partition coefficient (Wildman–Crippen LogP) is 3.35. The number of anilines is 3. The molecule has 3 aromatic rings. The minimum absolute atomic E-state index is 0.0977. The highest BCUT2D eigenvalue weighted by atomic mass is 16.5. The van der Waals surface area contributed by atoms with Crippen LogP contribution >= 0.6 is 0 Å². The Morgan fingerprint density at radius 2 is 1.73 bits per heavy atom. The minimum Gasteiger partial charge on any atom is -0.495 e. The summed E-state index contributed by atoms with van der Waals surface area (Å²) in [6, 6.07) is 14.1. The van der Waals surface area contributed by atoms with Crippen molar-refractivity contribution in [2.24, 2.45) is 7.05 Å². The van der Waals surface area contributed by atoms with Crippen LogP contribution in [-0.2, 0) is 11.8 Å². The maximum Gasteiger partial charge on any atom is 0.255 e. The molecule has 3 rings (SSSR count). The normalized spacial score (nSPS) is 10.4. The van der Waals surface area contributed by atoms with Crippen molar-refractivity contribution in [2.45, 2.75) is 13.8 Å². The van der Waals surface area contributed by atoms with Gasteiger partial charge in [0.1, 0.15) is 5.75 Å². The van der Waals surface area contributed by atoms with Crippen LogP contribution in [0.15, 0.2) is 48.5 Å². The van der Waals surface area contributed by atoms with Crippen molar-refractivity contribution in [3.05, 3.63) is 65.5 Å². The summed E-state index contributed by atoms with van der Waals surface area (Å²) >= 11 is 0. The van der Waals surface area contributed by atoms with E-state index in [4.69, 9.17) is 4.74 Å². The first-order valence-electron chi connectivity index (χ1n) is 9.47. The minimum atomic E-state index is -0.244. The fraction of sp³-hybridized carbons (Fsp3) is 0.227. The highest BCUT2D eigenvalue weighted by Crippen LogP contribution is 2.24. The molecule has 2 aromatic carbocycles. The molecule has 0 bridgehead atoms. The van der Waals surface area contributed by atoms with E-state index in [1.165, 1.54) is 0 Å². The third kappa shape index (κ3) is 4.78. The molecule has 0 aliphatic rings. The molecule has 30 heavy (non-hydrogen) atoms. The molecule has 0 spiro atoms. The molecule has 0 radical (unpaired) electrons. The number of benzene rings is 2. The molecule has 0 unspecified atom stereocenters. The maximum absolute atomic E-state index is 12.5. The van der Waals surface area contributed by atoms with Crippen LogP contribution in [-0.4, -0.2) is 35.2 Å². The third-order valence-electron chi connectivity index (χ3n) is 4.73. The van der Waals surface area contributed by atoms with Gasteiger partial charge in [-0.3, -0.25) is 14.3 Å². The molecule has 1 aromatic heterocycles. The highest BCUT2D eigenvalue weighted by molar-refractivity contribution is 6.05. The monoisotopic (exact) mass is 407 g/mol. The number of hydrogen-bond acceptors (Lipinski definition) is 5. The van der Waals surface area contributed by atoms with E-state index in [-0.39, 0.29) is 18.4 Å². The summed E-state index contributed by atoms with van der Waals surface area (Å²) in [6.45, 7) is 3.85. The number of ether oxygens (including phenoxy) is 1. The fourth-order valence-corrected chi connectivity index (χ4v) is 3.00. The Morgan fingerprint density at radius 3 is 2.37 bits per heavy atom. The zero-order valence-corrected chi connectivity index (χ0v) is 17.4. The molecule has 8 nitrogen and oxygen atoms in total. The number of carbonyl (C=O) groups is 2. The smallest absolute Gasteiger partial charge is 0.255 e. The Hall–Kier alpha value is -3.81. The summed E-state index contributed by atoms with van der Waals surface area (Å²) in [5.41, 5.74) is 4.23. The number of rotatable bonds is 7. The van der Waals surface area contributed by atoms with Crippen molar-refractivity contribution in [3.63, 3.8) is 0 Å². The summed E-state index contributed by atoms with van der Waals surface area (Å²) in [5, 5.41) is 13.0. The van der Waals surface area contributed by atoms with E-state index < -0.39 is 0 Å². The second-order valence-corrected chi connectivity index (χ2v) is 6.80. The number of amides is 2. The van der Waals surface area contributed by atoms with E-state index in [2.05, 4.69) is 21.0 Å². The van der Waals surface area contributed by atoms with Gasteiger partial charge in [0.05, 0.1) is 36.4 Å². The molecule has 0 aliphatic carbocycles. The first-order chi connectivity index (χ1) is 14.4. The van der Waals surface area contributed by atoms with Gasteiger partial charge < -0.3 is 20.7 Å². The molecule has 156 valence electrons. The van der Waals surface area contributed by atoms with E-state index in [1.807, 2.05) is 33.0 Å². The second kappa shape index (κ2) is 9.13. The second-order valence-electron chi connectivity index (χ2n) is 6.80. The molecular formula is C22H25N5O3. The quantitative estimate of drug-likeness (QED) is 0.558. The number of nitrogens with zero attached hydrogens (tertiary/aromatic N) is 2. The van der Waals surface area contributed by atoms with Crippen LogP contribution in [0.3, 0.4) is 0 Å². The Morgan fingerprint density at radius 1 is 1.03 bits per heavy atom. The van der Waals surface area contributed by atoms with Gasteiger partial charge >= 0.3 is 0 Å². The first-order valence-corrected chi connectivity index (χ1v) is 9.47. The van der Waals surface area contributed by atoms with Crippen molar-refractivity contribution >= 4 is 28.9 Å². The summed E-state index contributed by atoms with van der Waals surface area (Å²) in [7, 11) is 3.39. The summed E-state index contributed by atoms with van der Waals surface area (Å²) in [4.78, 5) is 24.7. The number of para-hydroxylation sites is 2. The van der Waals surface area contributed by atoms with Crippen molar-refractivity contribution in [1.29, 1.82) is 0 Å². The van der Waals surface area contributed by atoms with E-state index in [1.54, 1.807) is 48.2 Å². The first kappa shape index (κ1) is 20.9. The number of aryl methyl sites for hydroxylation is 2. The molecule has 2 amide bonds. The highest BCUT2D eigenvalue weighted by Gasteiger charge is 2.13. The van der Waals surface area contributed by atoms with Gasteiger partial charge in [-0.2, -0.15) is 5.10 Å². The van der Waals surface area contributed by atoms with Crippen LogP contribution in [0.1, 0.15) is 21.7 Å². The van der Waals surface area contributed by atoms with Crippen molar-refractivity contribution in [3.8, 4) is 5.75 Å². The lowest BCUT2D eigenvalue weighted by Crippen LogP contribution is -2.22. The Kier molecular flexibility index (Phi) is 6.36. The molecule has 1 heterocycles. The largest absolute Gasteiger partial charge is 0.495 e. The summed E-state index contributed by atoms with van der Waals surface area (Å²) in [6.07, 6.45) is 0.